The Labute approximate surface area is 176 Å². The Balaban J connectivity index is 1.40. The SMILES string of the molecule is O=C(C1CCCN1S(=O)(=O)c1ccc(F)cc1)N1CCN(Cc2ccccc2)CC1. The summed E-state index contributed by atoms with van der Waals surface area (Å²) in [5.41, 5.74) is 1.24. The van der Waals surface area contributed by atoms with Crippen LogP contribution < -0.4 is 0 Å². The molecule has 0 aromatic heterocycles. The molecule has 6 nitrogen and oxygen atoms in total. The van der Waals surface area contributed by atoms with E-state index in [9.17, 15) is 17.6 Å². The topological polar surface area (TPSA) is 60.9 Å². The molecule has 2 aliphatic heterocycles. The molecule has 1 atom stereocenters. The van der Waals surface area contributed by atoms with E-state index in [0.717, 1.165) is 31.8 Å². The van der Waals surface area contributed by atoms with Gasteiger partial charge in [0.1, 0.15) is 11.9 Å². The highest BCUT2D eigenvalue weighted by Gasteiger charge is 2.41. The van der Waals surface area contributed by atoms with Crippen LogP contribution in [-0.4, -0.2) is 67.2 Å². The number of sulfonamides is 1. The average Bonchev–Trinajstić information content (AvgIpc) is 3.26. The number of rotatable bonds is 5. The molecule has 0 N–H and O–H groups in total. The summed E-state index contributed by atoms with van der Waals surface area (Å²) in [6.07, 6.45) is 1.16. The number of hydrogen-bond acceptors (Lipinski definition) is 4. The minimum Gasteiger partial charge on any atom is -0.339 e. The normalized spacial score (nSPS) is 21.1. The lowest BCUT2D eigenvalue weighted by atomic mass is 10.1. The molecule has 2 aliphatic rings. The fraction of sp³-hybridized carbons (Fsp3) is 0.409. The van der Waals surface area contributed by atoms with Gasteiger partial charge in [0.25, 0.3) is 0 Å². The van der Waals surface area contributed by atoms with Gasteiger partial charge < -0.3 is 4.90 Å². The highest BCUT2D eigenvalue weighted by molar-refractivity contribution is 7.89. The van der Waals surface area contributed by atoms with Gasteiger partial charge in [0.05, 0.1) is 4.90 Å². The van der Waals surface area contributed by atoms with Gasteiger partial charge in [-0.3, -0.25) is 9.69 Å². The predicted octanol–water partition coefficient (Wildman–Crippen LogP) is 2.32. The first-order chi connectivity index (χ1) is 14.4. The second-order valence-corrected chi connectivity index (χ2v) is 9.71. The lowest BCUT2D eigenvalue weighted by Crippen LogP contribution is -2.54. The van der Waals surface area contributed by atoms with Crippen LogP contribution in [0, 0.1) is 5.82 Å². The highest BCUT2D eigenvalue weighted by atomic mass is 32.2. The Bertz CT molecular complexity index is 974. The molecule has 8 heteroatoms. The van der Waals surface area contributed by atoms with Crippen molar-refractivity contribution in [3.05, 3.63) is 66.0 Å². The van der Waals surface area contributed by atoms with Crippen molar-refractivity contribution in [3.63, 3.8) is 0 Å². The third-order valence-corrected chi connectivity index (χ3v) is 7.76. The lowest BCUT2D eigenvalue weighted by molar-refractivity contribution is -0.136. The number of amides is 1. The van der Waals surface area contributed by atoms with Crippen molar-refractivity contribution in [1.29, 1.82) is 0 Å². The lowest BCUT2D eigenvalue weighted by Gasteiger charge is -2.37. The summed E-state index contributed by atoms with van der Waals surface area (Å²) >= 11 is 0. The van der Waals surface area contributed by atoms with Gasteiger partial charge >= 0.3 is 0 Å². The molecule has 160 valence electrons. The second kappa shape index (κ2) is 8.83. The molecule has 0 saturated carbocycles. The maximum absolute atomic E-state index is 13.2. The molecule has 2 saturated heterocycles. The molecule has 0 radical (unpaired) electrons. The van der Waals surface area contributed by atoms with Crippen LogP contribution in [0.25, 0.3) is 0 Å². The minimum absolute atomic E-state index is 0.0243. The molecule has 0 spiro atoms. The number of carbonyl (C=O) groups is 1. The van der Waals surface area contributed by atoms with Crippen molar-refractivity contribution < 1.29 is 17.6 Å². The second-order valence-electron chi connectivity index (χ2n) is 7.81. The van der Waals surface area contributed by atoms with E-state index in [4.69, 9.17) is 0 Å². The van der Waals surface area contributed by atoms with E-state index in [-0.39, 0.29) is 10.8 Å². The molecule has 0 bridgehead atoms. The first-order valence-electron chi connectivity index (χ1n) is 10.3. The molecule has 2 aromatic carbocycles. The Morgan fingerprint density at radius 3 is 2.27 bits per heavy atom. The Kier molecular flexibility index (Phi) is 6.17. The van der Waals surface area contributed by atoms with E-state index in [1.54, 1.807) is 4.90 Å². The Morgan fingerprint density at radius 1 is 0.933 bits per heavy atom. The van der Waals surface area contributed by atoms with Crippen molar-refractivity contribution in [2.45, 2.75) is 30.3 Å². The molecule has 2 aromatic rings. The summed E-state index contributed by atoms with van der Waals surface area (Å²) in [6.45, 7) is 3.86. The first kappa shape index (κ1) is 21.0. The smallest absolute Gasteiger partial charge is 0.243 e. The van der Waals surface area contributed by atoms with E-state index in [1.165, 1.54) is 22.0 Å². The monoisotopic (exact) mass is 431 g/mol. The van der Waals surface area contributed by atoms with E-state index in [1.807, 2.05) is 18.2 Å². The first-order valence-corrected chi connectivity index (χ1v) is 11.7. The van der Waals surface area contributed by atoms with E-state index in [0.29, 0.717) is 32.5 Å². The van der Waals surface area contributed by atoms with Crippen LogP contribution in [0.2, 0.25) is 0 Å². The molecule has 1 unspecified atom stereocenters. The molecule has 30 heavy (non-hydrogen) atoms. The van der Waals surface area contributed by atoms with Crippen LogP contribution in [0.4, 0.5) is 4.39 Å². The summed E-state index contributed by atoms with van der Waals surface area (Å²) in [5.74, 6) is -0.617. The van der Waals surface area contributed by atoms with Crippen LogP contribution in [0.3, 0.4) is 0 Å². The molecule has 4 rings (SSSR count). The largest absolute Gasteiger partial charge is 0.339 e. The Hall–Kier alpha value is -2.29. The van der Waals surface area contributed by atoms with Crippen LogP contribution in [0.5, 0.6) is 0 Å². The summed E-state index contributed by atoms with van der Waals surface area (Å²) < 4.78 is 40.5. The van der Waals surface area contributed by atoms with Crippen molar-refractivity contribution in [2.75, 3.05) is 32.7 Å². The number of carbonyl (C=O) groups excluding carboxylic acids is 1. The van der Waals surface area contributed by atoms with Gasteiger partial charge in [0, 0.05) is 39.3 Å². The highest BCUT2D eigenvalue weighted by Crippen LogP contribution is 2.28. The van der Waals surface area contributed by atoms with Crippen LogP contribution >= 0.6 is 0 Å². The average molecular weight is 432 g/mol. The third kappa shape index (κ3) is 4.40. The molecule has 2 fully saturated rings. The molecule has 0 aliphatic carbocycles. The van der Waals surface area contributed by atoms with Gasteiger partial charge in [-0.2, -0.15) is 4.31 Å². The zero-order valence-electron chi connectivity index (χ0n) is 16.8. The van der Waals surface area contributed by atoms with Gasteiger partial charge in [-0.05, 0) is 42.7 Å². The zero-order chi connectivity index (χ0) is 21.1. The van der Waals surface area contributed by atoms with Gasteiger partial charge in [0.2, 0.25) is 15.9 Å². The number of benzene rings is 2. The third-order valence-electron chi connectivity index (χ3n) is 5.84. The molecular formula is C22H26FN3O3S. The minimum atomic E-state index is -3.83. The summed E-state index contributed by atoms with van der Waals surface area (Å²) in [7, 11) is -3.83. The maximum Gasteiger partial charge on any atom is 0.243 e. The zero-order valence-corrected chi connectivity index (χ0v) is 17.6. The number of piperazine rings is 1. The quantitative estimate of drug-likeness (QED) is 0.729. The van der Waals surface area contributed by atoms with Crippen LogP contribution in [0.15, 0.2) is 59.5 Å². The maximum atomic E-state index is 13.2. The van der Waals surface area contributed by atoms with Crippen molar-refractivity contribution in [3.8, 4) is 0 Å². The number of hydrogen-bond donors (Lipinski definition) is 0. The van der Waals surface area contributed by atoms with Gasteiger partial charge in [-0.1, -0.05) is 30.3 Å². The van der Waals surface area contributed by atoms with Gasteiger partial charge in [-0.15, -0.1) is 0 Å². The predicted molar refractivity (Wildman–Crippen MR) is 112 cm³/mol. The number of halogens is 1. The van der Waals surface area contributed by atoms with E-state index >= 15 is 0 Å². The summed E-state index contributed by atoms with van der Waals surface area (Å²) in [4.78, 5) is 17.3. The Morgan fingerprint density at radius 2 is 1.60 bits per heavy atom. The van der Waals surface area contributed by atoms with Crippen LogP contribution in [-0.2, 0) is 21.4 Å². The summed E-state index contributed by atoms with van der Waals surface area (Å²) in [6, 6.07) is 14.3. The van der Waals surface area contributed by atoms with Crippen molar-refractivity contribution >= 4 is 15.9 Å². The standard InChI is InChI=1S/C22H26FN3O3S/c23-19-8-10-20(11-9-19)30(28,29)26-12-4-7-21(26)22(27)25-15-13-24(14-16-25)17-18-5-2-1-3-6-18/h1-3,5-6,8-11,21H,4,7,12-17H2. The van der Waals surface area contributed by atoms with Gasteiger partial charge in [0.15, 0.2) is 0 Å². The van der Waals surface area contributed by atoms with E-state index in [2.05, 4.69) is 17.0 Å². The van der Waals surface area contributed by atoms with Gasteiger partial charge in [-0.25, -0.2) is 12.8 Å². The van der Waals surface area contributed by atoms with Crippen molar-refractivity contribution in [2.24, 2.45) is 0 Å². The molecular weight excluding hydrogens is 405 g/mol. The number of nitrogens with zero attached hydrogens (tertiary/aromatic N) is 3. The molecule has 1 amide bonds. The van der Waals surface area contributed by atoms with Crippen molar-refractivity contribution in [1.82, 2.24) is 14.1 Å². The van der Waals surface area contributed by atoms with E-state index < -0.39 is 21.9 Å². The fourth-order valence-corrected chi connectivity index (χ4v) is 5.85. The van der Waals surface area contributed by atoms with Crippen LogP contribution in [0.1, 0.15) is 18.4 Å². The summed E-state index contributed by atoms with van der Waals surface area (Å²) in [5, 5.41) is 0. The molecule has 2 heterocycles. The fourth-order valence-electron chi connectivity index (χ4n) is 4.20.